The molecule has 110 valence electrons. The Hall–Kier alpha value is -1.69. The van der Waals surface area contributed by atoms with Gasteiger partial charge in [-0.05, 0) is 31.2 Å². The van der Waals surface area contributed by atoms with Gasteiger partial charge in [0, 0.05) is 30.9 Å². The van der Waals surface area contributed by atoms with Crippen molar-refractivity contribution in [2.24, 2.45) is 0 Å². The van der Waals surface area contributed by atoms with Crippen LogP contribution in [0.15, 0.2) is 6.33 Å². The average Bonchev–Trinajstić information content (AvgIpc) is 2.75. The van der Waals surface area contributed by atoms with Gasteiger partial charge in [0.1, 0.15) is 17.0 Å². The number of rotatable bonds is 1. The molecule has 0 radical (unpaired) electrons. The van der Waals surface area contributed by atoms with Crippen LogP contribution in [0.4, 0.5) is 5.82 Å². The van der Waals surface area contributed by atoms with Crippen LogP contribution >= 0.6 is 11.3 Å². The maximum atomic E-state index is 11.5. The lowest BCUT2D eigenvalue weighted by atomic mass is 9.97. The Balaban J connectivity index is 1.80. The maximum Gasteiger partial charge on any atom is 0.221 e. The minimum absolute atomic E-state index is 0.134. The van der Waals surface area contributed by atoms with Crippen LogP contribution in [0.25, 0.3) is 10.2 Å². The van der Waals surface area contributed by atoms with Crippen LogP contribution < -0.4 is 10.2 Å². The van der Waals surface area contributed by atoms with Crippen molar-refractivity contribution in [1.29, 1.82) is 0 Å². The molecule has 0 unspecified atom stereocenters. The summed E-state index contributed by atoms with van der Waals surface area (Å²) in [5.74, 6) is 1.16. The first-order valence-electron chi connectivity index (χ1n) is 7.60. The second-order valence-electron chi connectivity index (χ2n) is 5.68. The topological polar surface area (TPSA) is 58.1 Å². The number of carbonyl (C=O) groups is 1. The minimum Gasteiger partial charge on any atom is -0.354 e. The second kappa shape index (κ2) is 5.26. The number of fused-ring (bicyclic) bond motifs is 3. The first kappa shape index (κ1) is 13.0. The molecule has 1 amide bonds. The number of hydrogen-bond donors (Lipinski definition) is 1. The summed E-state index contributed by atoms with van der Waals surface area (Å²) in [6.45, 7) is 2.25. The average molecular weight is 302 g/mol. The number of thiophene rings is 1. The summed E-state index contributed by atoms with van der Waals surface area (Å²) in [6.07, 6.45) is 7.06. The number of nitrogens with one attached hydrogen (secondary N) is 1. The number of nitrogens with zero attached hydrogens (tertiary/aromatic N) is 3. The Kier molecular flexibility index (Phi) is 3.25. The van der Waals surface area contributed by atoms with E-state index in [2.05, 4.69) is 20.2 Å². The molecule has 5 nitrogen and oxygen atoms in total. The second-order valence-corrected chi connectivity index (χ2v) is 6.76. The van der Waals surface area contributed by atoms with E-state index in [0.29, 0.717) is 13.0 Å². The fraction of sp³-hybridized carbons (Fsp3) is 0.533. The van der Waals surface area contributed by atoms with Gasteiger partial charge in [-0.1, -0.05) is 0 Å². The van der Waals surface area contributed by atoms with E-state index in [1.54, 1.807) is 6.33 Å². The van der Waals surface area contributed by atoms with Crippen LogP contribution in [0, 0.1) is 0 Å². The molecule has 1 aliphatic heterocycles. The lowest BCUT2D eigenvalue weighted by Gasteiger charge is -2.22. The molecule has 2 aliphatic rings. The van der Waals surface area contributed by atoms with E-state index in [4.69, 9.17) is 0 Å². The van der Waals surface area contributed by atoms with Crippen molar-refractivity contribution in [2.75, 3.05) is 24.5 Å². The van der Waals surface area contributed by atoms with Gasteiger partial charge in [0.05, 0.1) is 5.39 Å². The first-order chi connectivity index (χ1) is 10.3. The zero-order valence-electron chi connectivity index (χ0n) is 11.9. The third kappa shape index (κ3) is 2.27. The number of hydrogen-bond acceptors (Lipinski definition) is 5. The van der Waals surface area contributed by atoms with Crippen LogP contribution in [0.3, 0.4) is 0 Å². The Labute approximate surface area is 127 Å². The molecule has 3 heterocycles. The van der Waals surface area contributed by atoms with Crippen molar-refractivity contribution in [1.82, 2.24) is 15.3 Å². The van der Waals surface area contributed by atoms with Gasteiger partial charge in [0.25, 0.3) is 0 Å². The predicted molar refractivity (Wildman–Crippen MR) is 83.9 cm³/mol. The summed E-state index contributed by atoms with van der Waals surface area (Å²) in [6, 6.07) is 0. The van der Waals surface area contributed by atoms with Crippen LogP contribution in [-0.2, 0) is 17.6 Å². The van der Waals surface area contributed by atoms with Crippen LogP contribution in [0.2, 0.25) is 0 Å². The molecular formula is C15H18N4OS. The molecule has 0 atom stereocenters. The van der Waals surface area contributed by atoms with Gasteiger partial charge in [-0.2, -0.15) is 0 Å². The number of aromatic nitrogens is 2. The van der Waals surface area contributed by atoms with E-state index in [9.17, 15) is 4.79 Å². The lowest BCUT2D eigenvalue weighted by Crippen LogP contribution is -2.29. The summed E-state index contributed by atoms with van der Waals surface area (Å²) in [5.41, 5.74) is 1.46. The van der Waals surface area contributed by atoms with Crippen molar-refractivity contribution in [3.8, 4) is 0 Å². The van der Waals surface area contributed by atoms with Gasteiger partial charge in [-0.3, -0.25) is 4.79 Å². The lowest BCUT2D eigenvalue weighted by molar-refractivity contribution is -0.120. The fourth-order valence-electron chi connectivity index (χ4n) is 3.29. The molecular weight excluding hydrogens is 284 g/mol. The first-order valence-corrected chi connectivity index (χ1v) is 8.41. The third-order valence-electron chi connectivity index (χ3n) is 4.34. The van der Waals surface area contributed by atoms with E-state index in [0.717, 1.165) is 30.2 Å². The van der Waals surface area contributed by atoms with E-state index in [-0.39, 0.29) is 5.91 Å². The molecule has 1 N–H and O–H groups in total. The molecule has 6 heteroatoms. The molecule has 0 bridgehead atoms. The van der Waals surface area contributed by atoms with E-state index in [1.807, 2.05) is 11.3 Å². The highest BCUT2D eigenvalue weighted by atomic mass is 32.1. The van der Waals surface area contributed by atoms with E-state index in [1.165, 1.54) is 35.1 Å². The summed E-state index contributed by atoms with van der Waals surface area (Å²) < 4.78 is 0. The quantitative estimate of drug-likeness (QED) is 0.874. The van der Waals surface area contributed by atoms with Crippen molar-refractivity contribution >= 4 is 33.3 Å². The molecule has 4 rings (SSSR count). The number of amides is 1. The van der Waals surface area contributed by atoms with Crippen LogP contribution in [-0.4, -0.2) is 35.5 Å². The normalized spacial score (nSPS) is 19.2. The highest BCUT2D eigenvalue weighted by Crippen LogP contribution is 2.39. The van der Waals surface area contributed by atoms with Gasteiger partial charge in [0.15, 0.2) is 0 Å². The molecule has 0 aromatic carbocycles. The molecule has 21 heavy (non-hydrogen) atoms. The summed E-state index contributed by atoms with van der Waals surface area (Å²) in [5, 5.41) is 4.17. The molecule has 2 aromatic rings. The summed E-state index contributed by atoms with van der Waals surface area (Å²) in [4.78, 5) is 25.4. The zero-order valence-corrected chi connectivity index (χ0v) is 12.7. The van der Waals surface area contributed by atoms with Crippen LogP contribution in [0.5, 0.6) is 0 Å². The van der Waals surface area contributed by atoms with Crippen molar-refractivity contribution in [2.45, 2.75) is 32.1 Å². The number of anilines is 1. The SMILES string of the molecule is O=C1CCN(c2ncnc3sc4c(c23)CCCC4)CCN1. The largest absolute Gasteiger partial charge is 0.354 e. The molecule has 1 aliphatic carbocycles. The Morgan fingerprint density at radius 3 is 3.00 bits per heavy atom. The van der Waals surface area contributed by atoms with Gasteiger partial charge < -0.3 is 10.2 Å². The molecule has 1 saturated heterocycles. The highest BCUT2D eigenvalue weighted by molar-refractivity contribution is 7.19. The van der Waals surface area contributed by atoms with Crippen LogP contribution in [0.1, 0.15) is 29.7 Å². The Morgan fingerprint density at radius 1 is 1.14 bits per heavy atom. The molecule has 2 aromatic heterocycles. The van der Waals surface area contributed by atoms with Gasteiger partial charge in [0.2, 0.25) is 5.91 Å². The number of carbonyl (C=O) groups excluding carboxylic acids is 1. The van der Waals surface area contributed by atoms with Gasteiger partial charge >= 0.3 is 0 Å². The van der Waals surface area contributed by atoms with E-state index >= 15 is 0 Å². The Morgan fingerprint density at radius 2 is 2.05 bits per heavy atom. The smallest absolute Gasteiger partial charge is 0.221 e. The fourth-order valence-corrected chi connectivity index (χ4v) is 4.52. The zero-order chi connectivity index (χ0) is 14.2. The predicted octanol–water partition coefficient (Wildman–Crippen LogP) is 1.90. The molecule has 0 spiro atoms. The summed E-state index contributed by atoms with van der Waals surface area (Å²) in [7, 11) is 0. The van der Waals surface area contributed by atoms with Crippen molar-refractivity contribution < 1.29 is 4.79 Å². The molecule has 0 saturated carbocycles. The van der Waals surface area contributed by atoms with Gasteiger partial charge in [-0.15, -0.1) is 11.3 Å². The van der Waals surface area contributed by atoms with E-state index < -0.39 is 0 Å². The maximum absolute atomic E-state index is 11.5. The van der Waals surface area contributed by atoms with Gasteiger partial charge in [-0.25, -0.2) is 9.97 Å². The Bertz CT molecular complexity index is 696. The number of aryl methyl sites for hydroxylation is 2. The standard InChI is InChI=1S/C15H18N4OS/c20-12-5-7-19(8-6-16-12)14-13-10-3-1-2-4-11(10)21-15(13)18-9-17-14/h9H,1-8H2,(H,16,20). The monoisotopic (exact) mass is 302 g/mol. The minimum atomic E-state index is 0.134. The highest BCUT2D eigenvalue weighted by Gasteiger charge is 2.23. The summed E-state index contributed by atoms with van der Waals surface area (Å²) >= 11 is 1.82. The third-order valence-corrected chi connectivity index (χ3v) is 5.54. The van der Waals surface area contributed by atoms with Crippen molar-refractivity contribution in [3.05, 3.63) is 16.8 Å². The van der Waals surface area contributed by atoms with Crippen molar-refractivity contribution in [3.63, 3.8) is 0 Å². The molecule has 1 fully saturated rings.